The predicted octanol–water partition coefficient (Wildman–Crippen LogP) is 1.44. The number of unbranched alkanes of at least 4 members (excludes halogenated alkanes) is 1. The van der Waals surface area contributed by atoms with Crippen molar-refractivity contribution in [3.05, 3.63) is 18.2 Å². The molecule has 0 amide bonds. The molecule has 0 aromatic carbocycles. The van der Waals surface area contributed by atoms with Gasteiger partial charge in [0.15, 0.2) is 0 Å². The minimum absolute atomic E-state index is 1.16. The third kappa shape index (κ3) is 4.24. The van der Waals surface area contributed by atoms with E-state index in [9.17, 15) is 0 Å². The smallest absolute Gasteiger partial charge is 0.253 e. The van der Waals surface area contributed by atoms with Gasteiger partial charge in [-0.3, -0.25) is 0 Å². The van der Waals surface area contributed by atoms with Crippen molar-refractivity contribution in [3.8, 4) is 5.40 Å². The van der Waals surface area contributed by atoms with Crippen LogP contribution in [0.4, 0.5) is 0 Å². The number of nitriles is 1. The minimum atomic E-state index is 1.16. The second-order valence-corrected chi connectivity index (χ2v) is 3.28. The van der Waals surface area contributed by atoms with Crippen LogP contribution in [-0.4, -0.2) is 4.57 Å². The van der Waals surface area contributed by atoms with Gasteiger partial charge in [0, 0.05) is 6.92 Å². The SMILES string of the molecule is CCCC[n+]1ccn(C)c1C.N#C[S-]. The first-order chi connectivity index (χ1) is 6.67. The van der Waals surface area contributed by atoms with Gasteiger partial charge in [-0.1, -0.05) is 18.7 Å². The lowest BCUT2D eigenvalue weighted by molar-refractivity contribution is -0.702. The van der Waals surface area contributed by atoms with Crippen LogP contribution in [0.2, 0.25) is 0 Å². The first-order valence-electron chi connectivity index (χ1n) is 4.70. The van der Waals surface area contributed by atoms with Crippen LogP contribution in [0.25, 0.3) is 0 Å². The Morgan fingerprint density at radius 2 is 2.21 bits per heavy atom. The van der Waals surface area contributed by atoms with Gasteiger partial charge in [-0.25, -0.2) is 14.4 Å². The fourth-order valence-corrected chi connectivity index (χ4v) is 1.16. The highest BCUT2D eigenvalue weighted by molar-refractivity contribution is 7.64. The van der Waals surface area contributed by atoms with E-state index in [2.05, 4.69) is 55.1 Å². The molecule has 4 heteroatoms. The van der Waals surface area contributed by atoms with Crippen molar-refractivity contribution in [3.63, 3.8) is 0 Å². The van der Waals surface area contributed by atoms with Crippen LogP contribution in [0.15, 0.2) is 12.4 Å². The molecular formula is C10H17N3S. The zero-order chi connectivity index (χ0) is 11.0. The summed E-state index contributed by atoms with van der Waals surface area (Å²) in [5, 5.41) is 8.47. The van der Waals surface area contributed by atoms with Crippen molar-refractivity contribution in [2.45, 2.75) is 33.2 Å². The van der Waals surface area contributed by atoms with Gasteiger partial charge in [-0.2, -0.15) is 0 Å². The van der Waals surface area contributed by atoms with Crippen molar-refractivity contribution >= 4 is 12.6 Å². The molecule has 0 saturated carbocycles. The molecule has 14 heavy (non-hydrogen) atoms. The van der Waals surface area contributed by atoms with E-state index in [0.717, 1.165) is 6.54 Å². The van der Waals surface area contributed by atoms with Gasteiger partial charge in [0.05, 0.1) is 13.6 Å². The molecular weight excluding hydrogens is 194 g/mol. The Morgan fingerprint density at radius 1 is 1.64 bits per heavy atom. The molecule has 0 bridgehead atoms. The standard InChI is InChI=1S/C9H17N2.CHNS/c1-4-5-6-11-8-7-10(3)9(11)2;2-1-3/h7-8H,4-6H2,1-3H3;3H/q+1;/p-1. The Kier molecular flexibility index (Phi) is 6.77. The van der Waals surface area contributed by atoms with Crippen LogP contribution in [0.1, 0.15) is 25.6 Å². The molecule has 0 aliphatic rings. The summed E-state index contributed by atoms with van der Waals surface area (Å²) in [6.07, 6.45) is 6.78. The van der Waals surface area contributed by atoms with Crippen LogP contribution in [-0.2, 0) is 26.2 Å². The number of aryl methyl sites for hydroxylation is 2. The maximum absolute atomic E-state index is 7.13. The molecule has 1 heterocycles. The highest BCUT2D eigenvalue weighted by Crippen LogP contribution is 1.91. The van der Waals surface area contributed by atoms with Crippen molar-refractivity contribution in [1.29, 1.82) is 5.26 Å². The van der Waals surface area contributed by atoms with Crippen molar-refractivity contribution in [2.75, 3.05) is 0 Å². The van der Waals surface area contributed by atoms with E-state index in [1.165, 1.54) is 24.1 Å². The summed E-state index contributed by atoms with van der Waals surface area (Å²) in [6, 6.07) is 0. The summed E-state index contributed by atoms with van der Waals surface area (Å²) >= 11 is 3.70. The third-order valence-corrected chi connectivity index (χ3v) is 2.15. The van der Waals surface area contributed by atoms with Gasteiger partial charge in [0.2, 0.25) is 0 Å². The molecule has 0 N–H and O–H groups in total. The molecule has 0 radical (unpaired) electrons. The van der Waals surface area contributed by atoms with E-state index in [0.29, 0.717) is 0 Å². The summed E-state index contributed by atoms with van der Waals surface area (Å²) in [4.78, 5) is 0. The fourth-order valence-electron chi connectivity index (χ4n) is 1.16. The normalized spacial score (nSPS) is 8.71. The van der Waals surface area contributed by atoms with E-state index < -0.39 is 0 Å². The number of rotatable bonds is 3. The Morgan fingerprint density at radius 3 is 2.57 bits per heavy atom. The van der Waals surface area contributed by atoms with Gasteiger partial charge < -0.3 is 12.6 Å². The molecule has 0 fully saturated rings. The molecule has 0 saturated heterocycles. The van der Waals surface area contributed by atoms with E-state index in [4.69, 9.17) is 5.26 Å². The van der Waals surface area contributed by atoms with Gasteiger partial charge >= 0.3 is 0 Å². The second kappa shape index (κ2) is 7.34. The maximum atomic E-state index is 7.13. The number of aromatic nitrogens is 2. The van der Waals surface area contributed by atoms with Crippen LogP contribution in [0.3, 0.4) is 0 Å². The molecule has 1 aromatic heterocycles. The van der Waals surface area contributed by atoms with Gasteiger partial charge in [0.1, 0.15) is 12.4 Å². The Balaban J connectivity index is 0.000000500. The van der Waals surface area contributed by atoms with Gasteiger partial charge in [0.25, 0.3) is 5.82 Å². The van der Waals surface area contributed by atoms with Gasteiger partial charge in [-0.05, 0) is 6.42 Å². The second-order valence-electron chi connectivity index (χ2n) is 3.09. The van der Waals surface area contributed by atoms with Crippen molar-refractivity contribution in [1.82, 2.24) is 4.57 Å². The van der Waals surface area contributed by atoms with Crippen LogP contribution in [0, 0.1) is 17.6 Å². The fraction of sp³-hybridized carbons (Fsp3) is 0.600. The lowest BCUT2D eigenvalue weighted by Crippen LogP contribution is -2.35. The largest absolute Gasteiger partial charge is 0.696 e. The lowest BCUT2D eigenvalue weighted by atomic mass is 10.3. The van der Waals surface area contributed by atoms with E-state index >= 15 is 0 Å². The zero-order valence-electron chi connectivity index (χ0n) is 9.03. The van der Waals surface area contributed by atoms with Crippen LogP contribution < -0.4 is 4.57 Å². The summed E-state index contributed by atoms with van der Waals surface area (Å²) in [5.74, 6) is 1.33. The molecule has 78 valence electrons. The zero-order valence-corrected chi connectivity index (χ0v) is 9.84. The molecule has 0 aliphatic carbocycles. The minimum Gasteiger partial charge on any atom is -0.696 e. The molecule has 0 spiro atoms. The Labute approximate surface area is 91.4 Å². The first-order valence-corrected chi connectivity index (χ1v) is 5.10. The van der Waals surface area contributed by atoms with E-state index in [1.807, 2.05) is 0 Å². The molecule has 0 aliphatic heterocycles. The summed E-state index contributed by atoms with van der Waals surface area (Å²) in [5.41, 5.74) is 0. The number of hydrogen-bond donors (Lipinski definition) is 0. The van der Waals surface area contributed by atoms with E-state index in [-0.39, 0.29) is 0 Å². The topological polar surface area (TPSA) is 32.6 Å². The maximum Gasteiger partial charge on any atom is 0.253 e. The average Bonchev–Trinajstić information content (AvgIpc) is 2.47. The molecule has 1 aromatic rings. The highest BCUT2D eigenvalue weighted by Gasteiger charge is 2.06. The van der Waals surface area contributed by atoms with E-state index in [1.54, 1.807) is 0 Å². The quantitative estimate of drug-likeness (QED) is 0.430. The predicted molar refractivity (Wildman–Crippen MR) is 58.2 cm³/mol. The van der Waals surface area contributed by atoms with Crippen molar-refractivity contribution in [2.24, 2.45) is 7.05 Å². The Bertz CT molecular complexity index is 299. The molecule has 0 unspecified atom stereocenters. The first kappa shape index (κ1) is 12.9. The lowest BCUT2D eigenvalue weighted by Gasteiger charge is -1.95. The highest BCUT2D eigenvalue weighted by atomic mass is 32.1. The Hall–Kier alpha value is -1.08. The molecule has 0 atom stereocenters. The number of thiocyanates is 1. The molecule has 3 nitrogen and oxygen atoms in total. The summed E-state index contributed by atoms with van der Waals surface area (Å²) in [7, 11) is 2.08. The van der Waals surface area contributed by atoms with Crippen LogP contribution >= 0.6 is 0 Å². The average molecular weight is 211 g/mol. The van der Waals surface area contributed by atoms with Gasteiger partial charge in [-0.15, -0.1) is 0 Å². The summed E-state index contributed by atoms with van der Waals surface area (Å²) < 4.78 is 4.44. The number of imidazole rings is 1. The van der Waals surface area contributed by atoms with Crippen molar-refractivity contribution < 1.29 is 4.57 Å². The third-order valence-electron chi connectivity index (χ3n) is 2.15. The monoisotopic (exact) mass is 211 g/mol. The molecule has 1 rings (SSSR count). The summed E-state index contributed by atoms with van der Waals surface area (Å²) in [6.45, 7) is 5.53. The number of hydrogen-bond acceptors (Lipinski definition) is 2. The number of nitrogens with zero attached hydrogens (tertiary/aromatic N) is 3. The van der Waals surface area contributed by atoms with Crippen LogP contribution in [0.5, 0.6) is 0 Å².